The smallest absolute Gasteiger partial charge is 0.241 e. The first-order valence-corrected chi connectivity index (χ1v) is 9.65. The SMILES string of the molecule is CC12C(=O)N(c3cccc(Cl)c3)C(=O)C1C2(c1ccccc1)c1ccccc1. The van der Waals surface area contributed by atoms with E-state index in [0.717, 1.165) is 11.1 Å². The maximum atomic E-state index is 13.6. The molecule has 0 radical (unpaired) electrons. The molecule has 1 saturated carbocycles. The highest BCUT2D eigenvalue weighted by Gasteiger charge is 2.86. The van der Waals surface area contributed by atoms with Crippen LogP contribution in [0.2, 0.25) is 5.02 Å². The van der Waals surface area contributed by atoms with Crippen molar-refractivity contribution >= 4 is 29.1 Å². The minimum absolute atomic E-state index is 0.164. The summed E-state index contributed by atoms with van der Waals surface area (Å²) in [6.07, 6.45) is 0. The molecule has 28 heavy (non-hydrogen) atoms. The van der Waals surface area contributed by atoms with Crippen LogP contribution < -0.4 is 4.90 Å². The standard InChI is InChI=1S/C24H18ClNO2/c1-23-20(21(27)26(22(23)28)19-14-8-13-18(25)15-19)24(23,16-9-4-2-5-10-16)17-11-6-3-7-12-17/h2-15,20H,1H3. The average Bonchev–Trinajstić information content (AvgIpc) is 3.24. The second-order valence-electron chi connectivity index (χ2n) is 7.63. The van der Waals surface area contributed by atoms with Crippen molar-refractivity contribution in [3.05, 3.63) is 101 Å². The van der Waals surface area contributed by atoms with Gasteiger partial charge in [-0.3, -0.25) is 9.59 Å². The Labute approximate surface area is 168 Å². The van der Waals surface area contributed by atoms with Gasteiger partial charge in [-0.15, -0.1) is 0 Å². The maximum absolute atomic E-state index is 13.6. The number of imide groups is 1. The van der Waals surface area contributed by atoms with Crippen LogP contribution in [0.1, 0.15) is 18.1 Å². The molecule has 1 aliphatic heterocycles. The molecule has 0 N–H and O–H groups in total. The Balaban J connectivity index is 1.68. The van der Waals surface area contributed by atoms with Crippen LogP contribution in [0.4, 0.5) is 5.69 Å². The minimum atomic E-state index is -0.824. The van der Waals surface area contributed by atoms with Gasteiger partial charge in [0.25, 0.3) is 0 Å². The van der Waals surface area contributed by atoms with E-state index in [9.17, 15) is 9.59 Å². The quantitative estimate of drug-likeness (QED) is 0.603. The van der Waals surface area contributed by atoms with Crippen molar-refractivity contribution in [1.29, 1.82) is 0 Å². The van der Waals surface area contributed by atoms with Crippen LogP contribution in [-0.4, -0.2) is 11.8 Å². The molecule has 1 heterocycles. The Morgan fingerprint density at radius 2 is 1.39 bits per heavy atom. The fourth-order valence-corrected chi connectivity index (χ4v) is 5.35. The number of piperidine rings is 1. The number of nitrogens with zero attached hydrogens (tertiary/aromatic N) is 1. The molecule has 2 amide bonds. The third-order valence-corrected chi connectivity index (χ3v) is 6.62. The molecule has 1 saturated heterocycles. The lowest BCUT2D eigenvalue weighted by molar-refractivity contribution is -0.125. The fraction of sp³-hybridized carbons (Fsp3) is 0.167. The molecule has 0 aromatic heterocycles. The Kier molecular flexibility index (Phi) is 3.56. The molecular formula is C24H18ClNO2. The molecule has 0 bridgehead atoms. The lowest BCUT2D eigenvalue weighted by Gasteiger charge is -2.29. The summed E-state index contributed by atoms with van der Waals surface area (Å²) in [6, 6.07) is 26.7. The van der Waals surface area contributed by atoms with E-state index in [-0.39, 0.29) is 11.8 Å². The number of amides is 2. The molecule has 0 spiro atoms. The number of anilines is 1. The first-order chi connectivity index (χ1) is 13.5. The van der Waals surface area contributed by atoms with Gasteiger partial charge in [0.2, 0.25) is 11.8 Å². The summed E-state index contributed by atoms with van der Waals surface area (Å²) in [5, 5.41) is 0.501. The number of carbonyl (C=O) groups excluding carboxylic acids is 2. The van der Waals surface area contributed by atoms with Gasteiger partial charge in [-0.2, -0.15) is 0 Å². The Morgan fingerprint density at radius 3 is 1.86 bits per heavy atom. The van der Waals surface area contributed by atoms with Gasteiger partial charge in [0.05, 0.1) is 17.0 Å². The highest BCUT2D eigenvalue weighted by molar-refractivity contribution is 6.32. The number of carbonyl (C=O) groups is 2. The Hall–Kier alpha value is -2.91. The van der Waals surface area contributed by atoms with Gasteiger partial charge in [-0.25, -0.2) is 4.90 Å². The van der Waals surface area contributed by atoms with Crippen LogP contribution in [0.3, 0.4) is 0 Å². The van der Waals surface area contributed by atoms with Gasteiger partial charge >= 0.3 is 0 Å². The summed E-state index contributed by atoms with van der Waals surface area (Å²) in [5.41, 5.74) is 1.07. The molecule has 5 rings (SSSR count). The number of hydrogen-bond donors (Lipinski definition) is 0. The van der Waals surface area contributed by atoms with Gasteiger partial charge in [-0.05, 0) is 36.2 Å². The largest absolute Gasteiger partial charge is 0.274 e. The van der Waals surface area contributed by atoms with Gasteiger partial charge in [0, 0.05) is 10.4 Å². The first kappa shape index (κ1) is 17.2. The van der Waals surface area contributed by atoms with Crippen LogP contribution >= 0.6 is 11.6 Å². The predicted octanol–water partition coefficient (Wildman–Crippen LogP) is 4.84. The zero-order chi connectivity index (χ0) is 19.5. The molecule has 2 aliphatic rings. The van der Waals surface area contributed by atoms with E-state index in [1.165, 1.54) is 4.90 Å². The molecular weight excluding hydrogens is 370 g/mol. The van der Waals surface area contributed by atoms with E-state index >= 15 is 0 Å². The third-order valence-electron chi connectivity index (χ3n) is 6.39. The summed E-state index contributed by atoms with van der Waals surface area (Å²) in [7, 11) is 0. The van der Waals surface area contributed by atoms with Crippen LogP contribution in [0, 0.1) is 11.3 Å². The van der Waals surface area contributed by atoms with Crippen LogP contribution in [0.5, 0.6) is 0 Å². The zero-order valence-corrected chi connectivity index (χ0v) is 16.1. The van der Waals surface area contributed by atoms with E-state index in [1.54, 1.807) is 24.3 Å². The van der Waals surface area contributed by atoms with E-state index in [2.05, 4.69) is 0 Å². The zero-order valence-electron chi connectivity index (χ0n) is 15.3. The number of halogens is 1. The normalized spacial score (nSPS) is 24.9. The minimum Gasteiger partial charge on any atom is -0.274 e. The van der Waals surface area contributed by atoms with Gasteiger partial charge in [0.15, 0.2) is 0 Å². The van der Waals surface area contributed by atoms with Crippen molar-refractivity contribution in [1.82, 2.24) is 0 Å². The van der Waals surface area contributed by atoms with Crippen molar-refractivity contribution in [2.45, 2.75) is 12.3 Å². The summed E-state index contributed by atoms with van der Waals surface area (Å²) in [4.78, 5) is 28.4. The monoisotopic (exact) mass is 387 g/mol. The number of fused-ring (bicyclic) bond motifs is 1. The summed E-state index contributed by atoms with van der Waals surface area (Å²) >= 11 is 6.10. The molecule has 3 aromatic rings. The Bertz CT molecular complexity index is 1060. The maximum Gasteiger partial charge on any atom is 0.241 e. The molecule has 3 nitrogen and oxygen atoms in total. The lowest BCUT2D eigenvalue weighted by Crippen LogP contribution is -2.42. The Morgan fingerprint density at radius 1 is 0.821 bits per heavy atom. The summed E-state index contributed by atoms with van der Waals surface area (Å²) in [6.45, 7) is 1.92. The summed E-state index contributed by atoms with van der Waals surface area (Å²) in [5.74, 6) is -0.767. The molecule has 138 valence electrons. The van der Waals surface area contributed by atoms with Gasteiger partial charge in [-0.1, -0.05) is 78.3 Å². The van der Waals surface area contributed by atoms with Crippen molar-refractivity contribution in [3.8, 4) is 0 Å². The molecule has 4 heteroatoms. The second kappa shape index (κ2) is 5.79. The molecule has 2 atom stereocenters. The highest BCUT2D eigenvalue weighted by Crippen LogP contribution is 2.76. The fourth-order valence-electron chi connectivity index (χ4n) is 5.17. The van der Waals surface area contributed by atoms with E-state index in [0.29, 0.717) is 10.7 Å². The van der Waals surface area contributed by atoms with Crippen molar-refractivity contribution in [3.63, 3.8) is 0 Å². The van der Waals surface area contributed by atoms with Gasteiger partial charge in [0.1, 0.15) is 0 Å². The topological polar surface area (TPSA) is 37.4 Å². The molecule has 2 unspecified atom stereocenters. The van der Waals surface area contributed by atoms with Crippen LogP contribution in [-0.2, 0) is 15.0 Å². The first-order valence-electron chi connectivity index (χ1n) is 9.28. The summed E-state index contributed by atoms with van der Waals surface area (Å²) < 4.78 is 0. The van der Waals surface area contributed by atoms with E-state index < -0.39 is 16.7 Å². The van der Waals surface area contributed by atoms with Crippen molar-refractivity contribution in [2.75, 3.05) is 4.90 Å². The number of hydrogen-bond acceptors (Lipinski definition) is 2. The molecule has 2 fully saturated rings. The van der Waals surface area contributed by atoms with E-state index in [4.69, 9.17) is 11.6 Å². The number of benzene rings is 3. The van der Waals surface area contributed by atoms with Crippen LogP contribution in [0.15, 0.2) is 84.9 Å². The lowest BCUT2D eigenvalue weighted by atomic mass is 9.79. The predicted molar refractivity (Wildman–Crippen MR) is 109 cm³/mol. The molecule has 3 aromatic carbocycles. The highest BCUT2D eigenvalue weighted by atomic mass is 35.5. The molecule has 1 aliphatic carbocycles. The van der Waals surface area contributed by atoms with Crippen molar-refractivity contribution < 1.29 is 9.59 Å². The second-order valence-corrected chi connectivity index (χ2v) is 8.07. The number of rotatable bonds is 3. The van der Waals surface area contributed by atoms with Gasteiger partial charge < -0.3 is 0 Å². The average molecular weight is 388 g/mol. The van der Waals surface area contributed by atoms with Crippen molar-refractivity contribution in [2.24, 2.45) is 11.3 Å². The van der Waals surface area contributed by atoms with E-state index in [1.807, 2.05) is 67.6 Å². The third kappa shape index (κ3) is 1.95. The van der Waals surface area contributed by atoms with Crippen LogP contribution in [0.25, 0.3) is 0 Å².